The number of hydrazone groups is 1. The van der Waals surface area contributed by atoms with E-state index in [0.717, 1.165) is 28.1 Å². The quantitative estimate of drug-likeness (QED) is 0.184. The molecule has 2 heterocycles. The Balaban J connectivity index is 1.51. The fourth-order valence-electron chi connectivity index (χ4n) is 4.17. The molecule has 7 heteroatoms. The minimum absolute atomic E-state index is 0.461. The minimum Gasteiger partial charge on any atom is -0.258 e. The lowest BCUT2D eigenvalue weighted by atomic mass is 10.1. The summed E-state index contributed by atoms with van der Waals surface area (Å²) >= 11 is 6.27. The Labute approximate surface area is 225 Å². The van der Waals surface area contributed by atoms with Crippen LogP contribution in [0.3, 0.4) is 0 Å². The summed E-state index contributed by atoms with van der Waals surface area (Å²) in [5.74, 6) is 0.991. The molecule has 184 valence electrons. The van der Waals surface area contributed by atoms with Gasteiger partial charge >= 0.3 is 0 Å². The van der Waals surface area contributed by atoms with Gasteiger partial charge in [-0.15, -0.1) is 0 Å². The zero-order valence-electron chi connectivity index (χ0n) is 20.6. The first kappa shape index (κ1) is 23.6. The van der Waals surface area contributed by atoms with Crippen LogP contribution in [0, 0.1) is 6.92 Å². The second kappa shape index (κ2) is 10.3. The zero-order chi connectivity index (χ0) is 25.9. The van der Waals surface area contributed by atoms with Crippen molar-refractivity contribution in [2.45, 2.75) is 6.92 Å². The van der Waals surface area contributed by atoms with Crippen LogP contribution < -0.4 is 5.43 Å². The van der Waals surface area contributed by atoms with Crippen LogP contribution in [0.4, 0.5) is 5.82 Å². The lowest BCUT2D eigenvalue weighted by Crippen LogP contribution is -2.08. The van der Waals surface area contributed by atoms with Crippen LogP contribution in [0.15, 0.2) is 114 Å². The Morgan fingerprint density at radius 1 is 0.763 bits per heavy atom. The maximum atomic E-state index is 6.27. The topological polar surface area (TPSA) is 68.0 Å². The smallest absolute Gasteiger partial charge is 0.199 e. The second-order valence-corrected chi connectivity index (χ2v) is 9.30. The standard InChI is InChI=1S/C31H23ClN6/c1-21-12-14-22(15-13-21)20-33-36-30-31(35-26-17-16-25(32)18-28(26)34-30)38-29(24-10-6-3-7-11-24)19-27(37-38)23-8-4-2-5-9-23/h2-20H,1H3,(H,34,36)/b33-20-. The second-order valence-electron chi connectivity index (χ2n) is 8.87. The van der Waals surface area contributed by atoms with Crippen molar-refractivity contribution in [2.75, 3.05) is 5.43 Å². The number of hydrogen-bond acceptors (Lipinski definition) is 5. The lowest BCUT2D eigenvalue weighted by molar-refractivity contribution is 0.857. The maximum absolute atomic E-state index is 6.27. The molecular formula is C31H23ClN6. The van der Waals surface area contributed by atoms with E-state index in [-0.39, 0.29) is 0 Å². The molecular weight excluding hydrogens is 492 g/mol. The normalized spacial score (nSPS) is 11.3. The van der Waals surface area contributed by atoms with E-state index in [0.29, 0.717) is 27.7 Å². The minimum atomic E-state index is 0.461. The third-order valence-corrected chi connectivity index (χ3v) is 6.35. The average molecular weight is 515 g/mol. The Hall–Kier alpha value is -4.81. The summed E-state index contributed by atoms with van der Waals surface area (Å²) < 4.78 is 1.82. The van der Waals surface area contributed by atoms with Gasteiger partial charge < -0.3 is 0 Å². The summed E-state index contributed by atoms with van der Waals surface area (Å²) in [6.45, 7) is 2.05. The highest BCUT2D eigenvalue weighted by atomic mass is 35.5. The van der Waals surface area contributed by atoms with E-state index in [4.69, 9.17) is 26.7 Å². The molecule has 2 aromatic heterocycles. The van der Waals surface area contributed by atoms with Gasteiger partial charge in [0.15, 0.2) is 11.6 Å². The number of nitrogens with one attached hydrogen (secondary N) is 1. The average Bonchev–Trinajstić information content (AvgIpc) is 3.40. The van der Waals surface area contributed by atoms with Crippen LogP contribution in [0.25, 0.3) is 39.4 Å². The first-order valence-electron chi connectivity index (χ1n) is 12.2. The van der Waals surface area contributed by atoms with E-state index in [1.54, 1.807) is 12.3 Å². The molecule has 0 aliphatic carbocycles. The number of aromatic nitrogens is 4. The Morgan fingerprint density at radius 3 is 2.21 bits per heavy atom. The lowest BCUT2D eigenvalue weighted by Gasteiger charge is -2.12. The molecule has 0 unspecified atom stereocenters. The maximum Gasteiger partial charge on any atom is 0.199 e. The van der Waals surface area contributed by atoms with Gasteiger partial charge in [-0.3, -0.25) is 5.43 Å². The van der Waals surface area contributed by atoms with Gasteiger partial charge in [0.05, 0.1) is 28.6 Å². The van der Waals surface area contributed by atoms with Crippen LogP contribution in [-0.4, -0.2) is 26.0 Å². The molecule has 38 heavy (non-hydrogen) atoms. The Morgan fingerprint density at radius 2 is 1.47 bits per heavy atom. The van der Waals surface area contributed by atoms with Crippen molar-refractivity contribution >= 4 is 34.7 Å². The van der Waals surface area contributed by atoms with Crippen molar-refractivity contribution in [2.24, 2.45) is 5.10 Å². The molecule has 0 aliphatic heterocycles. The summed E-state index contributed by atoms with van der Waals surface area (Å²) in [7, 11) is 0. The van der Waals surface area contributed by atoms with E-state index in [2.05, 4.69) is 35.7 Å². The van der Waals surface area contributed by atoms with Crippen molar-refractivity contribution < 1.29 is 0 Å². The third kappa shape index (κ3) is 4.90. The molecule has 0 saturated carbocycles. The largest absolute Gasteiger partial charge is 0.258 e. The number of halogens is 1. The monoisotopic (exact) mass is 514 g/mol. The molecule has 0 spiro atoms. The number of anilines is 1. The number of fused-ring (bicyclic) bond motifs is 1. The number of hydrogen-bond donors (Lipinski definition) is 1. The van der Waals surface area contributed by atoms with Gasteiger partial charge in [-0.25, -0.2) is 14.6 Å². The van der Waals surface area contributed by atoms with E-state index in [1.807, 2.05) is 89.6 Å². The molecule has 4 aromatic carbocycles. The van der Waals surface area contributed by atoms with Crippen LogP contribution in [0.2, 0.25) is 5.02 Å². The highest BCUT2D eigenvalue weighted by Crippen LogP contribution is 2.31. The molecule has 0 radical (unpaired) electrons. The molecule has 0 saturated heterocycles. The van der Waals surface area contributed by atoms with Gasteiger partial charge in [0.2, 0.25) is 0 Å². The van der Waals surface area contributed by atoms with Crippen LogP contribution in [-0.2, 0) is 0 Å². The van der Waals surface area contributed by atoms with Gasteiger partial charge in [-0.05, 0) is 36.8 Å². The van der Waals surface area contributed by atoms with Crippen molar-refractivity contribution in [3.05, 3.63) is 125 Å². The molecule has 0 fully saturated rings. The molecule has 0 amide bonds. The van der Waals surface area contributed by atoms with Gasteiger partial charge in [0, 0.05) is 16.1 Å². The predicted molar refractivity (Wildman–Crippen MR) is 155 cm³/mol. The Bertz CT molecular complexity index is 1740. The first-order chi connectivity index (χ1) is 18.6. The highest BCUT2D eigenvalue weighted by molar-refractivity contribution is 6.31. The number of rotatable bonds is 6. The highest BCUT2D eigenvalue weighted by Gasteiger charge is 2.19. The summed E-state index contributed by atoms with van der Waals surface area (Å²) in [4.78, 5) is 9.80. The van der Waals surface area contributed by atoms with Gasteiger partial charge in [-0.1, -0.05) is 102 Å². The summed E-state index contributed by atoms with van der Waals surface area (Å²) in [5.41, 5.74) is 10.4. The van der Waals surface area contributed by atoms with Crippen molar-refractivity contribution in [1.82, 2.24) is 19.7 Å². The number of nitrogens with zero attached hydrogens (tertiary/aromatic N) is 5. The summed E-state index contributed by atoms with van der Waals surface area (Å²) in [6.07, 6.45) is 1.75. The third-order valence-electron chi connectivity index (χ3n) is 6.12. The molecule has 6 aromatic rings. The number of aryl methyl sites for hydroxylation is 1. The van der Waals surface area contributed by atoms with Crippen LogP contribution in [0.1, 0.15) is 11.1 Å². The van der Waals surface area contributed by atoms with E-state index in [1.165, 1.54) is 5.56 Å². The molecule has 6 rings (SSSR count). The molecule has 6 nitrogen and oxygen atoms in total. The molecule has 1 N–H and O–H groups in total. The molecule has 0 aliphatic rings. The predicted octanol–water partition coefficient (Wildman–Crippen LogP) is 7.56. The van der Waals surface area contributed by atoms with Crippen molar-refractivity contribution in [1.29, 1.82) is 0 Å². The van der Waals surface area contributed by atoms with E-state index in [9.17, 15) is 0 Å². The SMILES string of the molecule is Cc1ccc(/C=N\Nc2nc3cc(Cl)ccc3nc2-n2nc(-c3ccccc3)cc2-c2ccccc2)cc1. The van der Waals surface area contributed by atoms with E-state index < -0.39 is 0 Å². The van der Waals surface area contributed by atoms with Crippen LogP contribution in [0.5, 0.6) is 0 Å². The fraction of sp³-hybridized carbons (Fsp3) is 0.0323. The first-order valence-corrected chi connectivity index (χ1v) is 12.6. The molecule has 0 bridgehead atoms. The van der Waals surface area contributed by atoms with E-state index >= 15 is 0 Å². The van der Waals surface area contributed by atoms with Crippen LogP contribution >= 0.6 is 11.6 Å². The molecule has 0 atom stereocenters. The van der Waals surface area contributed by atoms with Gasteiger partial charge in [-0.2, -0.15) is 10.2 Å². The summed E-state index contributed by atoms with van der Waals surface area (Å²) in [6, 6.07) is 35.8. The van der Waals surface area contributed by atoms with Gasteiger partial charge in [0.25, 0.3) is 0 Å². The summed E-state index contributed by atoms with van der Waals surface area (Å²) in [5, 5.41) is 10.0. The van der Waals surface area contributed by atoms with Crippen molar-refractivity contribution in [3.63, 3.8) is 0 Å². The fourth-order valence-corrected chi connectivity index (χ4v) is 4.33. The Kier molecular flexibility index (Phi) is 6.38. The zero-order valence-corrected chi connectivity index (χ0v) is 21.3. The van der Waals surface area contributed by atoms with Gasteiger partial charge in [0.1, 0.15) is 0 Å². The number of benzene rings is 4. The van der Waals surface area contributed by atoms with Crippen molar-refractivity contribution in [3.8, 4) is 28.3 Å².